The fraction of sp³-hybridized carbons (Fsp3) is 0.115. The molecule has 0 unspecified atom stereocenters. The van der Waals surface area contributed by atoms with Gasteiger partial charge < -0.3 is 0 Å². The Bertz CT molecular complexity index is 1080. The van der Waals surface area contributed by atoms with Gasteiger partial charge in [-0.2, -0.15) is 0 Å². The summed E-state index contributed by atoms with van der Waals surface area (Å²) >= 11 is 0. The number of aromatic nitrogens is 1. The normalized spacial score (nSPS) is 10.4. The maximum atomic E-state index is 3.30. The average molecular weight is 348 g/mol. The largest absolute Gasteiger partial charge is 0.204 e. The smallest absolute Gasteiger partial charge is 0.176 e. The quantitative estimate of drug-likeness (QED) is 0.256. The zero-order chi connectivity index (χ0) is 18.3. The third-order valence-corrected chi connectivity index (χ3v) is 4.69. The highest BCUT2D eigenvalue weighted by atomic mass is 14.9. The minimum absolute atomic E-state index is 0.903. The third kappa shape index (κ3) is 4.43. The third-order valence-electron chi connectivity index (χ3n) is 4.69. The maximum Gasteiger partial charge on any atom is 0.176 e. The van der Waals surface area contributed by atoms with Gasteiger partial charge in [0.2, 0.25) is 0 Å². The number of hydrogen-bond acceptors (Lipinski definition) is 0. The Hall–Kier alpha value is -3.37. The van der Waals surface area contributed by atoms with E-state index in [4.69, 9.17) is 0 Å². The van der Waals surface area contributed by atoms with E-state index in [1.807, 2.05) is 6.07 Å². The number of unbranched alkanes of at least 4 members (excludes halogenated alkanes) is 1. The van der Waals surface area contributed by atoms with Crippen LogP contribution in [0.15, 0.2) is 97.3 Å². The Labute approximate surface area is 160 Å². The van der Waals surface area contributed by atoms with Crippen molar-refractivity contribution in [2.75, 3.05) is 0 Å². The standard InChI is InChI=1S/C26H22N/c1-4-10-23(11-5-1)25-16-14-22(15-17-25)9-3-2-8-19-27-20-18-24-12-6-7-13-26(24)21-27/h1,4-7,10-18,20-21H,2,8,19H2/q+1. The molecule has 0 spiro atoms. The molecule has 130 valence electrons. The summed E-state index contributed by atoms with van der Waals surface area (Å²) in [6.07, 6.45) is 6.32. The first-order valence-corrected chi connectivity index (χ1v) is 9.41. The van der Waals surface area contributed by atoms with Gasteiger partial charge in [0, 0.05) is 29.9 Å². The van der Waals surface area contributed by atoms with Crippen LogP contribution in [0, 0.1) is 11.8 Å². The minimum atomic E-state index is 0.903. The number of nitrogens with zero attached hydrogens (tertiary/aromatic N) is 1. The van der Waals surface area contributed by atoms with Crippen LogP contribution in [0.5, 0.6) is 0 Å². The van der Waals surface area contributed by atoms with Gasteiger partial charge in [-0.3, -0.25) is 0 Å². The highest BCUT2D eigenvalue weighted by Gasteiger charge is 2.01. The second-order valence-corrected chi connectivity index (χ2v) is 6.66. The zero-order valence-corrected chi connectivity index (χ0v) is 15.3. The van der Waals surface area contributed by atoms with E-state index in [9.17, 15) is 0 Å². The predicted molar refractivity (Wildman–Crippen MR) is 112 cm³/mol. The number of benzene rings is 3. The summed E-state index contributed by atoms with van der Waals surface area (Å²) in [6, 6.07) is 29.6. The number of pyridine rings is 1. The van der Waals surface area contributed by atoms with Gasteiger partial charge >= 0.3 is 0 Å². The van der Waals surface area contributed by atoms with Gasteiger partial charge in [0.25, 0.3) is 0 Å². The maximum absolute atomic E-state index is 3.30. The van der Waals surface area contributed by atoms with Gasteiger partial charge in [0.15, 0.2) is 12.4 Å². The summed E-state index contributed by atoms with van der Waals surface area (Å²) < 4.78 is 2.25. The lowest BCUT2D eigenvalue weighted by molar-refractivity contribution is -0.695. The molecule has 4 aromatic rings. The molecular formula is C26H22N+. The van der Waals surface area contributed by atoms with Crippen LogP contribution in [-0.4, -0.2) is 0 Å². The van der Waals surface area contributed by atoms with Crippen molar-refractivity contribution in [2.24, 2.45) is 0 Å². The van der Waals surface area contributed by atoms with Crippen molar-refractivity contribution in [3.63, 3.8) is 0 Å². The predicted octanol–water partition coefficient (Wildman–Crippen LogP) is 5.63. The van der Waals surface area contributed by atoms with E-state index in [-0.39, 0.29) is 0 Å². The topological polar surface area (TPSA) is 3.88 Å². The van der Waals surface area contributed by atoms with Gasteiger partial charge in [-0.05, 0) is 34.7 Å². The van der Waals surface area contributed by atoms with Gasteiger partial charge in [-0.15, -0.1) is 0 Å². The second kappa shape index (κ2) is 8.34. The molecule has 0 bridgehead atoms. The monoisotopic (exact) mass is 348 g/mol. The van der Waals surface area contributed by atoms with Gasteiger partial charge in [-0.25, -0.2) is 4.57 Å². The lowest BCUT2D eigenvalue weighted by atomic mass is 10.0. The Morgan fingerprint density at radius 2 is 1.37 bits per heavy atom. The average Bonchev–Trinajstić information content (AvgIpc) is 2.74. The van der Waals surface area contributed by atoms with Crippen molar-refractivity contribution < 1.29 is 4.57 Å². The zero-order valence-electron chi connectivity index (χ0n) is 15.3. The first-order chi connectivity index (χ1) is 13.4. The van der Waals surface area contributed by atoms with E-state index < -0.39 is 0 Å². The van der Waals surface area contributed by atoms with Gasteiger partial charge in [0.1, 0.15) is 6.54 Å². The molecule has 27 heavy (non-hydrogen) atoms. The Balaban J connectivity index is 1.32. The Morgan fingerprint density at radius 3 is 2.19 bits per heavy atom. The molecule has 0 aliphatic heterocycles. The molecule has 0 aliphatic rings. The summed E-state index contributed by atoms with van der Waals surface area (Å²) in [4.78, 5) is 0. The lowest BCUT2D eigenvalue weighted by Crippen LogP contribution is -2.32. The molecule has 0 aliphatic carbocycles. The molecule has 0 saturated carbocycles. The van der Waals surface area contributed by atoms with Crippen LogP contribution >= 0.6 is 0 Å². The number of fused-ring (bicyclic) bond motifs is 1. The van der Waals surface area contributed by atoms with Crippen LogP contribution in [-0.2, 0) is 6.54 Å². The van der Waals surface area contributed by atoms with Gasteiger partial charge in [0.05, 0.1) is 0 Å². The SMILES string of the molecule is C(#Cc1ccc(-c2ccccc2)cc1)CCC[n+]1ccc2ccccc2c1. The van der Waals surface area contributed by atoms with E-state index >= 15 is 0 Å². The first-order valence-electron chi connectivity index (χ1n) is 9.41. The molecule has 0 amide bonds. The summed E-state index contributed by atoms with van der Waals surface area (Å²) in [7, 11) is 0. The summed E-state index contributed by atoms with van der Waals surface area (Å²) in [5, 5.41) is 2.57. The van der Waals surface area contributed by atoms with Crippen molar-refractivity contribution >= 4 is 10.8 Å². The van der Waals surface area contributed by atoms with E-state index in [0.717, 1.165) is 24.9 Å². The van der Waals surface area contributed by atoms with Crippen LogP contribution in [0.3, 0.4) is 0 Å². The molecule has 1 nitrogen and oxygen atoms in total. The van der Waals surface area contributed by atoms with Crippen molar-refractivity contribution in [1.29, 1.82) is 0 Å². The summed E-state index contributed by atoms with van der Waals surface area (Å²) in [5.41, 5.74) is 3.55. The molecule has 1 aromatic heterocycles. The van der Waals surface area contributed by atoms with E-state index in [2.05, 4.69) is 108 Å². The molecule has 4 rings (SSSR count). The lowest BCUT2D eigenvalue weighted by Gasteiger charge is -2.00. The van der Waals surface area contributed by atoms with Crippen molar-refractivity contribution in [3.05, 3.63) is 103 Å². The van der Waals surface area contributed by atoms with Crippen LogP contribution < -0.4 is 4.57 Å². The second-order valence-electron chi connectivity index (χ2n) is 6.66. The van der Waals surface area contributed by atoms with Crippen LogP contribution in [0.4, 0.5) is 0 Å². The van der Waals surface area contributed by atoms with Crippen LogP contribution in [0.25, 0.3) is 21.9 Å². The van der Waals surface area contributed by atoms with Crippen molar-refractivity contribution in [1.82, 2.24) is 0 Å². The van der Waals surface area contributed by atoms with Crippen molar-refractivity contribution in [3.8, 4) is 23.0 Å². The van der Waals surface area contributed by atoms with Crippen molar-refractivity contribution in [2.45, 2.75) is 19.4 Å². The number of aryl methyl sites for hydroxylation is 1. The molecule has 0 fully saturated rings. The molecule has 1 heterocycles. The van der Waals surface area contributed by atoms with Crippen LogP contribution in [0.1, 0.15) is 18.4 Å². The van der Waals surface area contributed by atoms with E-state index in [1.165, 1.54) is 21.9 Å². The van der Waals surface area contributed by atoms with E-state index in [0.29, 0.717) is 0 Å². The van der Waals surface area contributed by atoms with Gasteiger partial charge in [-0.1, -0.05) is 72.5 Å². The highest BCUT2D eigenvalue weighted by molar-refractivity contribution is 5.80. The van der Waals surface area contributed by atoms with E-state index in [1.54, 1.807) is 0 Å². The molecule has 1 heteroatoms. The first kappa shape index (κ1) is 17.1. The highest BCUT2D eigenvalue weighted by Crippen LogP contribution is 2.18. The molecule has 3 aromatic carbocycles. The molecule has 0 radical (unpaired) electrons. The fourth-order valence-corrected chi connectivity index (χ4v) is 3.21. The molecule has 0 saturated heterocycles. The Morgan fingerprint density at radius 1 is 0.667 bits per heavy atom. The number of rotatable bonds is 4. The Kier molecular flexibility index (Phi) is 5.27. The minimum Gasteiger partial charge on any atom is -0.204 e. The fourth-order valence-electron chi connectivity index (χ4n) is 3.21. The summed E-state index contributed by atoms with van der Waals surface area (Å²) in [6.45, 7) is 0.993. The van der Waals surface area contributed by atoms with Crippen LogP contribution in [0.2, 0.25) is 0 Å². The molecule has 0 N–H and O–H groups in total. The summed E-state index contributed by atoms with van der Waals surface area (Å²) in [5.74, 6) is 6.58. The number of hydrogen-bond donors (Lipinski definition) is 0. The molecular weight excluding hydrogens is 326 g/mol. The molecule has 0 atom stereocenters.